The molecule has 2 aromatic heterocycles. The number of hydrogen-bond acceptors (Lipinski definition) is 6. The van der Waals surface area contributed by atoms with E-state index in [9.17, 15) is 15.0 Å². The molecule has 0 unspecified atom stereocenters. The molecule has 0 aliphatic carbocycles. The fraction of sp³-hybridized carbons (Fsp3) is 0. The zero-order valence-electron chi connectivity index (χ0n) is 13.2. The van der Waals surface area contributed by atoms with E-state index in [-0.39, 0.29) is 27.4 Å². The summed E-state index contributed by atoms with van der Waals surface area (Å²) in [4.78, 5) is 26.5. The molecule has 2 heterocycles. The fourth-order valence-corrected chi connectivity index (χ4v) is 2.88. The summed E-state index contributed by atoms with van der Waals surface area (Å²) in [6, 6.07) is 13.0. The summed E-state index contributed by atoms with van der Waals surface area (Å²) in [6.45, 7) is 0. The maximum Gasteiger partial charge on any atom is 0.279 e. The first-order valence-corrected chi connectivity index (χ1v) is 8.05. The van der Waals surface area contributed by atoms with Crippen LogP contribution >= 0.6 is 12.2 Å². The number of hydrogen-bond donors (Lipinski definition) is 4. The molecule has 8 heteroatoms. The van der Waals surface area contributed by atoms with Gasteiger partial charge in [0.05, 0.1) is 11.4 Å². The van der Waals surface area contributed by atoms with E-state index < -0.39 is 5.56 Å². The topological polar surface area (TPSA) is 115 Å². The maximum absolute atomic E-state index is 12.2. The Hall–Kier alpha value is -3.52. The van der Waals surface area contributed by atoms with Crippen molar-refractivity contribution in [3.8, 4) is 34.0 Å². The fourth-order valence-electron chi connectivity index (χ4n) is 2.69. The number of benzene rings is 2. The van der Waals surface area contributed by atoms with Crippen LogP contribution in [-0.4, -0.2) is 30.1 Å². The van der Waals surface area contributed by atoms with Crippen LogP contribution in [0.5, 0.6) is 11.5 Å². The Kier molecular flexibility index (Phi) is 3.74. The Morgan fingerprint density at radius 1 is 0.846 bits per heavy atom. The third kappa shape index (κ3) is 2.82. The van der Waals surface area contributed by atoms with E-state index in [4.69, 9.17) is 12.2 Å². The number of aromatic nitrogens is 4. The second-order valence-corrected chi connectivity index (χ2v) is 6.04. The van der Waals surface area contributed by atoms with Crippen molar-refractivity contribution in [1.82, 2.24) is 19.9 Å². The standard InChI is InChI=1S/C18H12N4O3S/c23-11-5-1-3-9(7-11)13-14(10-4-2-6-12(24)8-10)20-16-15(19-13)17(25)22-18(26)21-16/h1-8,23-24H,(H2,20,21,22,25,26). The van der Waals surface area contributed by atoms with Gasteiger partial charge in [0.2, 0.25) is 0 Å². The highest BCUT2D eigenvalue weighted by Gasteiger charge is 2.16. The van der Waals surface area contributed by atoms with Gasteiger partial charge in [-0.3, -0.25) is 9.78 Å². The predicted octanol–water partition coefficient (Wildman–Crippen LogP) is 3.12. The number of fused-ring (bicyclic) bond motifs is 1. The Bertz CT molecular complexity index is 1260. The Labute approximate surface area is 151 Å². The molecule has 0 bridgehead atoms. The zero-order chi connectivity index (χ0) is 18.3. The summed E-state index contributed by atoms with van der Waals surface area (Å²) in [6.07, 6.45) is 0. The van der Waals surface area contributed by atoms with Gasteiger partial charge < -0.3 is 15.2 Å². The molecule has 2 aromatic carbocycles. The number of rotatable bonds is 2. The predicted molar refractivity (Wildman–Crippen MR) is 99.5 cm³/mol. The van der Waals surface area contributed by atoms with Crippen LogP contribution in [0, 0.1) is 4.77 Å². The van der Waals surface area contributed by atoms with E-state index in [1.165, 1.54) is 12.1 Å². The average Bonchev–Trinajstić information content (AvgIpc) is 2.60. The largest absolute Gasteiger partial charge is 0.508 e. The van der Waals surface area contributed by atoms with Crippen molar-refractivity contribution in [2.75, 3.05) is 0 Å². The van der Waals surface area contributed by atoms with Gasteiger partial charge in [-0.25, -0.2) is 9.97 Å². The van der Waals surface area contributed by atoms with E-state index in [2.05, 4.69) is 19.9 Å². The minimum Gasteiger partial charge on any atom is -0.508 e. The summed E-state index contributed by atoms with van der Waals surface area (Å²) in [5.74, 6) is 0.137. The smallest absolute Gasteiger partial charge is 0.279 e. The highest BCUT2D eigenvalue weighted by atomic mass is 32.1. The van der Waals surface area contributed by atoms with E-state index in [0.29, 0.717) is 22.5 Å². The van der Waals surface area contributed by atoms with Crippen LogP contribution in [0.1, 0.15) is 0 Å². The van der Waals surface area contributed by atoms with Crippen LogP contribution < -0.4 is 5.56 Å². The number of phenols is 2. The first kappa shape index (κ1) is 16.0. The summed E-state index contributed by atoms with van der Waals surface area (Å²) in [5, 5.41) is 19.6. The van der Waals surface area contributed by atoms with Crippen molar-refractivity contribution >= 4 is 23.4 Å². The van der Waals surface area contributed by atoms with Gasteiger partial charge in [0.1, 0.15) is 11.5 Å². The lowest BCUT2D eigenvalue weighted by Crippen LogP contribution is -2.12. The van der Waals surface area contributed by atoms with Crippen LogP contribution in [-0.2, 0) is 0 Å². The first-order valence-electron chi connectivity index (χ1n) is 7.64. The maximum atomic E-state index is 12.2. The van der Waals surface area contributed by atoms with Gasteiger partial charge in [0.15, 0.2) is 15.9 Å². The average molecular weight is 364 g/mol. The number of nitrogens with one attached hydrogen (secondary N) is 2. The van der Waals surface area contributed by atoms with Gasteiger partial charge in [-0.05, 0) is 36.5 Å². The summed E-state index contributed by atoms with van der Waals surface area (Å²) < 4.78 is 0.142. The normalized spacial score (nSPS) is 10.9. The molecular formula is C18H12N4O3S. The summed E-state index contributed by atoms with van der Waals surface area (Å²) in [7, 11) is 0. The van der Waals surface area contributed by atoms with E-state index in [1.807, 2.05) is 0 Å². The Balaban J connectivity index is 2.12. The van der Waals surface area contributed by atoms with E-state index >= 15 is 0 Å². The lowest BCUT2D eigenvalue weighted by Gasteiger charge is -2.10. The van der Waals surface area contributed by atoms with Gasteiger partial charge in [0, 0.05) is 11.1 Å². The molecule has 0 aliphatic rings. The summed E-state index contributed by atoms with van der Waals surface area (Å²) >= 11 is 5.00. The molecule has 4 N–H and O–H groups in total. The third-order valence-electron chi connectivity index (χ3n) is 3.81. The van der Waals surface area contributed by atoms with Gasteiger partial charge >= 0.3 is 0 Å². The molecule has 0 aliphatic heterocycles. The van der Waals surface area contributed by atoms with Crippen LogP contribution in [0.3, 0.4) is 0 Å². The van der Waals surface area contributed by atoms with Crippen LogP contribution in [0.2, 0.25) is 0 Å². The Morgan fingerprint density at radius 2 is 1.42 bits per heavy atom. The quantitative estimate of drug-likeness (QED) is 0.406. The number of H-pyrrole nitrogens is 2. The molecule has 0 saturated carbocycles. The first-order chi connectivity index (χ1) is 12.5. The van der Waals surface area contributed by atoms with Crippen molar-refractivity contribution in [2.45, 2.75) is 0 Å². The number of aromatic hydroxyl groups is 2. The second-order valence-electron chi connectivity index (χ2n) is 5.63. The van der Waals surface area contributed by atoms with Gasteiger partial charge in [-0.2, -0.15) is 0 Å². The van der Waals surface area contributed by atoms with Crippen LogP contribution in [0.25, 0.3) is 33.7 Å². The van der Waals surface area contributed by atoms with Crippen molar-refractivity contribution in [3.63, 3.8) is 0 Å². The molecule has 4 aromatic rings. The molecular weight excluding hydrogens is 352 g/mol. The minimum absolute atomic E-state index is 0.0626. The van der Waals surface area contributed by atoms with Crippen molar-refractivity contribution in [3.05, 3.63) is 63.7 Å². The third-order valence-corrected chi connectivity index (χ3v) is 4.01. The molecule has 0 saturated heterocycles. The molecule has 0 spiro atoms. The molecule has 4 rings (SSSR count). The molecule has 26 heavy (non-hydrogen) atoms. The van der Waals surface area contributed by atoms with Crippen LogP contribution in [0.4, 0.5) is 0 Å². The lowest BCUT2D eigenvalue weighted by atomic mass is 10.0. The number of nitrogens with zero attached hydrogens (tertiary/aromatic N) is 2. The second kappa shape index (κ2) is 6.08. The van der Waals surface area contributed by atoms with Crippen molar-refractivity contribution in [2.24, 2.45) is 0 Å². The highest BCUT2D eigenvalue weighted by Crippen LogP contribution is 2.32. The molecule has 0 atom stereocenters. The highest BCUT2D eigenvalue weighted by molar-refractivity contribution is 7.71. The van der Waals surface area contributed by atoms with Gasteiger partial charge in [-0.1, -0.05) is 24.3 Å². The summed E-state index contributed by atoms with van der Waals surface area (Å²) in [5.41, 5.74) is 1.91. The van der Waals surface area contributed by atoms with Gasteiger partial charge in [-0.15, -0.1) is 0 Å². The number of phenolic OH excluding ortho intramolecular Hbond substituents is 2. The van der Waals surface area contributed by atoms with Crippen LogP contribution in [0.15, 0.2) is 53.3 Å². The van der Waals surface area contributed by atoms with E-state index in [0.717, 1.165) is 0 Å². The van der Waals surface area contributed by atoms with Crippen molar-refractivity contribution < 1.29 is 10.2 Å². The minimum atomic E-state index is -0.458. The molecule has 128 valence electrons. The lowest BCUT2D eigenvalue weighted by molar-refractivity contribution is 0.475. The number of aromatic amines is 2. The molecule has 0 fully saturated rings. The van der Waals surface area contributed by atoms with E-state index in [1.54, 1.807) is 36.4 Å². The van der Waals surface area contributed by atoms with Gasteiger partial charge in [0.25, 0.3) is 5.56 Å². The zero-order valence-corrected chi connectivity index (χ0v) is 14.0. The Morgan fingerprint density at radius 3 is 2.00 bits per heavy atom. The molecule has 7 nitrogen and oxygen atoms in total. The molecule has 0 radical (unpaired) electrons. The monoisotopic (exact) mass is 364 g/mol. The molecule has 0 amide bonds. The van der Waals surface area contributed by atoms with Crippen molar-refractivity contribution in [1.29, 1.82) is 0 Å². The SMILES string of the molecule is O=c1[nH]c(=S)[nH]c2nc(-c3cccc(O)c3)c(-c3cccc(O)c3)nc12.